The number of methoxy groups -OCH3 is 2. The molecule has 0 N–H and O–H groups in total. The molecule has 3 aliphatic heterocycles. The molecule has 2 aromatic carbocycles. The van der Waals surface area contributed by atoms with E-state index >= 15 is 0 Å². The summed E-state index contributed by atoms with van der Waals surface area (Å²) in [5.41, 5.74) is 2.09. The molecule has 168 valence electrons. The van der Waals surface area contributed by atoms with E-state index in [9.17, 15) is 4.79 Å². The van der Waals surface area contributed by atoms with Gasteiger partial charge in [-0.1, -0.05) is 0 Å². The summed E-state index contributed by atoms with van der Waals surface area (Å²) < 4.78 is 35.4. The third-order valence-electron chi connectivity index (χ3n) is 6.08. The van der Waals surface area contributed by atoms with Crippen LogP contribution in [-0.4, -0.2) is 38.5 Å². The third-order valence-corrected chi connectivity index (χ3v) is 6.08. The molecule has 2 aromatic rings. The standard InChI is InChI=1S/C25H26O7/c1-13(26)30-24-15-6-7-17-14(8-9-25(2,3)32-17)23(15)31-21-12-29-18-11-20(28-5)19(27-4)10-16(18)22(21)24/h6-11,21-22,24H,12H2,1-5H3/t21-,22?,24-/m1/s1. The van der Waals surface area contributed by atoms with Crippen LogP contribution in [0.3, 0.4) is 0 Å². The van der Waals surface area contributed by atoms with Gasteiger partial charge in [0.15, 0.2) is 11.5 Å². The lowest BCUT2D eigenvalue weighted by Gasteiger charge is -2.43. The highest BCUT2D eigenvalue weighted by Crippen LogP contribution is 2.54. The van der Waals surface area contributed by atoms with Gasteiger partial charge < -0.3 is 28.4 Å². The molecule has 0 aromatic heterocycles. The fourth-order valence-corrected chi connectivity index (χ4v) is 4.67. The summed E-state index contributed by atoms with van der Waals surface area (Å²) in [5, 5.41) is 0. The molecular weight excluding hydrogens is 412 g/mol. The minimum absolute atomic E-state index is 0.266. The van der Waals surface area contributed by atoms with Crippen LogP contribution in [0.1, 0.15) is 49.5 Å². The van der Waals surface area contributed by atoms with Crippen molar-refractivity contribution in [3.63, 3.8) is 0 Å². The molecule has 32 heavy (non-hydrogen) atoms. The predicted octanol–water partition coefficient (Wildman–Crippen LogP) is 4.43. The van der Waals surface area contributed by atoms with Crippen molar-refractivity contribution < 1.29 is 33.2 Å². The van der Waals surface area contributed by atoms with Gasteiger partial charge in [-0.05, 0) is 44.2 Å². The first kappa shape index (κ1) is 20.5. The Labute approximate surface area is 186 Å². The van der Waals surface area contributed by atoms with Gasteiger partial charge in [0, 0.05) is 24.1 Å². The topological polar surface area (TPSA) is 72.5 Å². The van der Waals surface area contributed by atoms with Crippen molar-refractivity contribution in [1.29, 1.82) is 0 Å². The zero-order valence-corrected chi connectivity index (χ0v) is 18.8. The summed E-state index contributed by atoms with van der Waals surface area (Å²) in [6.45, 7) is 5.73. The van der Waals surface area contributed by atoms with Crippen molar-refractivity contribution >= 4 is 12.0 Å². The number of hydrogen-bond donors (Lipinski definition) is 0. The molecule has 0 fully saturated rings. The van der Waals surface area contributed by atoms with E-state index in [2.05, 4.69) is 0 Å². The molecule has 7 nitrogen and oxygen atoms in total. The minimum atomic E-state index is -0.546. The van der Waals surface area contributed by atoms with E-state index in [1.807, 2.05) is 44.2 Å². The summed E-state index contributed by atoms with van der Waals surface area (Å²) in [6, 6.07) is 7.51. The van der Waals surface area contributed by atoms with Crippen molar-refractivity contribution in [2.75, 3.05) is 20.8 Å². The largest absolute Gasteiger partial charge is 0.493 e. The molecule has 5 rings (SSSR count). The summed E-state index contributed by atoms with van der Waals surface area (Å²) in [4.78, 5) is 12.1. The monoisotopic (exact) mass is 438 g/mol. The second-order valence-electron chi connectivity index (χ2n) is 8.70. The second kappa shape index (κ2) is 7.36. The second-order valence-corrected chi connectivity index (χ2v) is 8.70. The van der Waals surface area contributed by atoms with E-state index in [4.69, 9.17) is 28.4 Å². The fraction of sp³-hybridized carbons (Fsp3) is 0.400. The van der Waals surface area contributed by atoms with Gasteiger partial charge in [0.05, 0.1) is 25.7 Å². The van der Waals surface area contributed by atoms with E-state index in [0.717, 1.165) is 22.4 Å². The Hall–Kier alpha value is -3.35. The first-order valence-electron chi connectivity index (χ1n) is 10.6. The van der Waals surface area contributed by atoms with Gasteiger partial charge in [-0.3, -0.25) is 4.79 Å². The van der Waals surface area contributed by atoms with Gasteiger partial charge in [0.2, 0.25) is 0 Å². The normalized spacial score (nSPS) is 23.7. The number of fused-ring (bicyclic) bond motifs is 6. The van der Waals surface area contributed by atoms with Crippen LogP contribution in [0.2, 0.25) is 0 Å². The number of esters is 1. The van der Waals surface area contributed by atoms with Crippen LogP contribution >= 0.6 is 0 Å². The average molecular weight is 438 g/mol. The molecule has 0 bridgehead atoms. The van der Waals surface area contributed by atoms with E-state index < -0.39 is 11.7 Å². The zero-order chi connectivity index (χ0) is 22.6. The summed E-state index contributed by atoms with van der Waals surface area (Å²) in [7, 11) is 3.17. The van der Waals surface area contributed by atoms with Gasteiger partial charge in [-0.2, -0.15) is 0 Å². The molecule has 7 heteroatoms. The van der Waals surface area contributed by atoms with E-state index in [0.29, 0.717) is 29.6 Å². The van der Waals surface area contributed by atoms with Crippen LogP contribution in [0, 0.1) is 0 Å². The lowest BCUT2D eigenvalue weighted by atomic mass is 9.79. The highest BCUT2D eigenvalue weighted by Gasteiger charge is 2.47. The van der Waals surface area contributed by atoms with Gasteiger partial charge in [-0.25, -0.2) is 0 Å². The Balaban J connectivity index is 1.66. The lowest BCUT2D eigenvalue weighted by molar-refractivity contribution is -0.151. The lowest BCUT2D eigenvalue weighted by Crippen LogP contribution is -2.43. The van der Waals surface area contributed by atoms with Crippen LogP contribution in [0.5, 0.6) is 28.7 Å². The molecule has 0 spiro atoms. The maximum Gasteiger partial charge on any atom is 0.303 e. The average Bonchev–Trinajstić information content (AvgIpc) is 2.76. The predicted molar refractivity (Wildman–Crippen MR) is 117 cm³/mol. The Bertz CT molecular complexity index is 1120. The quantitative estimate of drug-likeness (QED) is 0.657. The van der Waals surface area contributed by atoms with E-state index in [-0.39, 0.29) is 18.0 Å². The van der Waals surface area contributed by atoms with Crippen molar-refractivity contribution in [3.05, 3.63) is 47.0 Å². The molecule has 3 aliphatic rings. The Morgan fingerprint density at radius 1 is 1.06 bits per heavy atom. The number of carbonyl (C=O) groups excluding carboxylic acids is 1. The molecule has 0 saturated carbocycles. The highest BCUT2D eigenvalue weighted by atomic mass is 16.6. The highest BCUT2D eigenvalue weighted by molar-refractivity contribution is 5.72. The number of carbonyl (C=O) groups is 1. The van der Waals surface area contributed by atoms with E-state index in [1.54, 1.807) is 20.3 Å². The van der Waals surface area contributed by atoms with Gasteiger partial charge in [0.25, 0.3) is 0 Å². The van der Waals surface area contributed by atoms with Crippen LogP contribution in [0.15, 0.2) is 30.3 Å². The minimum Gasteiger partial charge on any atom is -0.493 e. The Morgan fingerprint density at radius 2 is 1.81 bits per heavy atom. The van der Waals surface area contributed by atoms with Crippen molar-refractivity contribution in [3.8, 4) is 28.7 Å². The molecular formula is C25H26O7. The summed E-state index contributed by atoms with van der Waals surface area (Å²) in [6.07, 6.45) is 3.10. The SMILES string of the molecule is COc1cc2c(cc1OC)C1[C@H](OC(C)=O)c3ccc4c(c3O[C@@H]1CO2)C=CC(C)(C)O4. The van der Waals surface area contributed by atoms with Gasteiger partial charge in [-0.15, -0.1) is 0 Å². The molecule has 0 radical (unpaired) electrons. The van der Waals surface area contributed by atoms with Gasteiger partial charge >= 0.3 is 5.97 Å². The Kier molecular flexibility index (Phi) is 4.73. The number of rotatable bonds is 3. The molecule has 1 unspecified atom stereocenters. The maximum absolute atomic E-state index is 12.1. The molecule has 0 amide bonds. The molecule has 3 atom stereocenters. The van der Waals surface area contributed by atoms with Crippen LogP contribution in [0.4, 0.5) is 0 Å². The zero-order valence-electron chi connectivity index (χ0n) is 18.8. The first-order chi connectivity index (χ1) is 15.3. The Morgan fingerprint density at radius 3 is 2.53 bits per heavy atom. The van der Waals surface area contributed by atoms with Crippen molar-refractivity contribution in [2.24, 2.45) is 0 Å². The van der Waals surface area contributed by atoms with E-state index in [1.165, 1.54) is 6.92 Å². The number of ether oxygens (including phenoxy) is 6. The van der Waals surface area contributed by atoms with Crippen LogP contribution in [-0.2, 0) is 9.53 Å². The summed E-state index contributed by atoms with van der Waals surface area (Å²) in [5.74, 6) is 2.58. The van der Waals surface area contributed by atoms with Crippen molar-refractivity contribution in [1.82, 2.24) is 0 Å². The number of benzene rings is 2. The maximum atomic E-state index is 12.1. The third kappa shape index (κ3) is 3.23. The fourth-order valence-electron chi connectivity index (χ4n) is 4.67. The van der Waals surface area contributed by atoms with Crippen LogP contribution < -0.4 is 23.7 Å². The summed E-state index contributed by atoms with van der Waals surface area (Å²) >= 11 is 0. The molecule has 0 saturated heterocycles. The van der Waals surface area contributed by atoms with Crippen molar-refractivity contribution in [2.45, 2.75) is 44.5 Å². The van der Waals surface area contributed by atoms with Crippen LogP contribution in [0.25, 0.3) is 6.08 Å². The smallest absolute Gasteiger partial charge is 0.303 e. The molecule has 0 aliphatic carbocycles. The van der Waals surface area contributed by atoms with Gasteiger partial charge in [0.1, 0.15) is 41.7 Å². The molecule has 3 heterocycles. The number of hydrogen-bond acceptors (Lipinski definition) is 7. The first-order valence-corrected chi connectivity index (χ1v) is 10.6.